The number of nitrogens with zero attached hydrogens (tertiary/aromatic N) is 4. The third kappa shape index (κ3) is 2.60. The first-order valence-electron chi connectivity index (χ1n) is 9.40. The first-order valence-corrected chi connectivity index (χ1v) is 9.40. The molecule has 8 nitrogen and oxygen atoms in total. The molecule has 3 aromatic rings. The van der Waals surface area contributed by atoms with Gasteiger partial charge >= 0.3 is 0 Å². The summed E-state index contributed by atoms with van der Waals surface area (Å²) in [5.74, 6) is 1.20. The zero-order valence-corrected chi connectivity index (χ0v) is 15.4. The molecule has 1 aromatic carbocycles. The summed E-state index contributed by atoms with van der Waals surface area (Å²) in [6.45, 7) is 2.80. The molecule has 2 atom stereocenters. The van der Waals surface area contributed by atoms with Crippen molar-refractivity contribution < 1.29 is 4.92 Å². The van der Waals surface area contributed by atoms with Crippen LogP contribution in [0.25, 0.3) is 5.82 Å². The number of anilines is 2. The monoisotopic (exact) mass is 376 g/mol. The largest absolute Gasteiger partial charge is 0.383 e. The van der Waals surface area contributed by atoms with E-state index in [1.54, 1.807) is 24.4 Å². The molecule has 2 unspecified atom stereocenters. The summed E-state index contributed by atoms with van der Waals surface area (Å²) in [5.41, 5.74) is 5.16. The van der Waals surface area contributed by atoms with Gasteiger partial charge in [-0.05, 0) is 38.0 Å². The number of non-ortho nitro benzene ring substituents is 1. The molecule has 0 radical (unpaired) electrons. The zero-order valence-electron chi connectivity index (χ0n) is 15.4. The molecule has 0 amide bonds. The minimum atomic E-state index is -0.362. The van der Waals surface area contributed by atoms with Gasteiger partial charge in [0.2, 0.25) is 0 Å². The maximum absolute atomic E-state index is 11.1. The highest BCUT2D eigenvalue weighted by Crippen LogP contribution is 2.43. The van der Waals surface area contributed by atoms with E-state index in [9.17, 15) is 10.1 Å². The van der Waals surface area contributed by atoms with Crippen LogP contribution in [0.4, 0.5) is 17.1 Å². The molecule has 2 N–H and O–H groups in total. The van der Waals surface area contributed by atoms with E-state index in [0.717, 1.165) is 42.3 Å². The Morgan fingerprint density at radius 1 is 1.25 bits per heavy atom. The van der Waals surface area contributed by atoms with E-state index >= 15 is 0 Å². The highest BCUT2D eigenvalue weighted by Gasteiger charge is 2.36. The normalized spacial score (nSPS) is 20.0. The van der Waals surface area contributed by atoms with Crippen molar-refractivity contribution >= 4 is 17.1 Å². The number of aryl methyl sites for hydroxylation is 1. The maximum atomic E-state index is 11.1. The first-order chi connectivity index (χ1) is 13.6. The molecule has 0 fully saturated rings. The van der Waals surface area contributed by atoms with Gasteiger partial charge in [0.25, 0.3) is 5.69 Å². The standard InChI is InChI=1S/C20H20N6O2/c1-12-19-17(25(24-12)18-4-2-3-9-21-18)8-5-13-11-22-16-10-14(26(27)28)6-7-15(16)23-20(13)19/h2-4,6-7,9-10,13,20,22-23H,5,8,11H2,1H3. The topological polar surface area (TPSA) is 97.9 Å². The van der Waals surface area contributed by atoms with E-state index in [1.165, 1.54) is 11.3 Å². The number of benzene rings is 1. The van der Waals surface area contributed by atoms with Crippen molar-refractivity contribution in [2.75, 3.05) is 17.2 Å². The fourth-order valence-electron chi connectivity index (χ4n) is 4.36. The van der Waals surface area contributed by atoms with Crippen LogP contribution in [0.5, 0.6) is 0 Å². The van der Waals surface area contributed by atoms with Crippen molar-refractivity contribution in [3.63, 3.8) is 0 Å². The van der Waals surface area contributed by atoms with Crippen molar-refractivity contribution in [3.8, 4) is 5.82 Å². The van der Waals surface area contributed by atoms with E-state index < -0.39 is 0 Å². The predicted octanol–water partition coefficient (Wildman–Crippen LogP) is 3.63. The second-order valence-corrected chi connectivity index (χ2v) is 7.33. The smallest absolute Gasteiger partial charge is 0.271 e. The van der Waals surface area contributed by atoms with Gasteiger partial charge in [0.05, 0.1) is 33.7 Å². The number of fused-ring (bicyclic) bond motifs is 4. The number of rotatable bonds is 2. The van der Waals surface area contributed by atoms with Crippen LogP contribution in [0, 0.1) is 23.0 Å². The minimum absolute atomic E-state index is 0.0952. The number of hydrogen-bond donors (Lipinski definition) is 2. The van der Waals surface area contributed by atoms with Crippen LogP contribution in [0.1, 0.15) is 29.4 Å². The number of nitro benzene ring substituents is 1. The summed E-state index contributed by atoms with van der Waals surface area (Å²) in [4.78, 5) is 15.2. The fraction of sp³-hybridized carbons (Fsp3) is 0.300. The van der Waals surface area contributed by atoms with Crippen molar-refractivity contribution in [1.29, 1.82) is 0 Å². The SMILES string of the molecule is Cc1nn(-c2ccccn2)c2c1C1Nc3ccc([N+](=O)[O-])cc3NCC1CC2. The zero-order chi connectivity index (χ0) is 19.3. The maximum Gasteiger partial charge on any atom is 0.271 e. The van der Waals surface area contributed by atoms with Crippen LogP contribution >= 0.6 is 0 Å². The molecular formula is C20H20N6O2. The summed E-state index contributed by atoms with van der Waals surface area (Å²) in [7, 11) is 0. The van der Waals surface area contributed by atoms with Gasteiger partial charge in [0, 0.05) is 36.4 Å². The first kappa shape index (κ1) is 16.7. The summed E-state index contributed by atoms with van der Waals surface area (Å²) >= 11 is 0. The van der Waals surface area contributed by atoms with Crippen molar-refractivity contribution in [2.45, 2.75) is 25.8 Å². The Morgan fingerprint density at radius 2 is 2.14 bits per heavy atom. The Balaban J connectivity index is 1.57. The number of nitrogens with one attached hydrogen (secondary N) is 2. The Kier molecular flexibility index (Phi) is 3.78. The molecule has 0 saturated heterocycles. The molecule has 142 valence electrons. The quantitative estimate of drug-likeness (QED) is 0.524. The molecule has 5 rings (SSSR count). The second-order valence-electron chi connectivity index (χ2n) is 7.33. The van der Waals surface area contributed by atoms with Crippen LogP contribution in [-0.2, 0) is 6.42 Å². The Morgan fingerprint density at radius 3 is 2.93 bits per heavy atom. The lowest BCUT2D eigenvalue weighted by molar-refractivity contribution is -0.384. The Hall–Kier alpha value is -3.42. The lowest BCUT2D eigenvalue weighted by Crippen LogP contribution is -2.30. The van der Waals surface area contributed by atoms with Gasteiger partial charge < -0.3 is 10.6 Å². The van der Waals surface area contributed by atoms with Crippen molar-refractivity contribution in [3.05, 3.63) is 69.7 Å². The predicted molar refractivity (Wildman–Crippen MR) is 106 cm³/mol. The summed E-state index contributed by atoms with van der Waals surface area (Å²) < 4.78 is 1.96. The minimum Gasteiger partial charge on any atom is -0.383 e. The van der Waals surface area contributed by atoms with Gasteiger partial charge in [-0.3, -0.25) is 10.1 Å². The average molecular weight is 376 g/mol. The summed E-state index contributed by atoms with van der Waals surface area (Å²) in [5, 5.41) is 22.9. The molecule has 2 aromatic heterocycles. The Labute approximate surface area is 161 Å². The van der Waals surface area contributed by atoms with Crippen LogP contribution in [0.15, 0.2) is 42.6 Å². The average Bonchev–Trinajstić information content (AvgIpc) is 2.93. The third-order valence-electron chi connectivity index (χ3n) is 5.69. The van der Waals surface area contributed by atoms with Crippen molar-refractivity contribution in [1.82, 2.24) is 14.8 Å². The molecule has 1 aliphatic carbocycles. The second kappa shape index (κ2) is 6.33. The van der Waals surface area contributed by atoms with Crippen LogP contribution in [0.3, 0.4) is 0 Å². The molecular weight excluding hydrogens is 356 g/mol. The van der Waals surface area contributed by atoms with Gasteiger partial charge in [0.1, 0.15) is 0 Å². The van der Waals surface area contributed by atoms with E-state index in [0.29, 0.717) is 5.92 Å². The van der Waals surface area contributed by atoms with Crippen LogP contribution in [0.2, 0.25) is 0 Å². The van der Waals surface area contributed by atoms with Gasteiger partial charge in [-0.25, -0.2) is 9.67 Å². The van der Waals surface area contributed by atoms with E-state index in [1.807, 2.05) is 29.8 Å². The van der Waals surface area contributed by atoms with Crippen LogP contribution < -0.4 is 10.6 Å². The molecule has 8 heteroatoms. The lowest BCUT2D eigenvalue weighted by Gasteiger charge is -2.31. The number of hydrogen-bond acceptors (Lipinski definition) is 6. The van der Waals surface area contributed by atoms with Gasteiger partial charge in [0.15, 0.2) is 5.82 Å². The van der Waals surface area contributed by atoms with Gasteiger partial charge in [-0.1, -0.05) is 6.07 Å². The van der Waals surface area contributed by atoms with Crippen molar-refractivity contribution in [2.24, 2.45) is 5.92 Å². The molecule has 3 heterocycles. The van der Waals surface area contributed by atoms with E-state index in [4.69, 9.17) is 5.10 Å². The van der Waals surface area contributed by atoms with Crippen LogP contribution in [-0.4, -0.2) is 26.2 Å². The van der Waals surface area contributed by atoms with Gasteiger partial charge in [-0.15, -0.1) is 0 Å². The third-order valence-corrected chi connectivity index (χ3v) is 5.69. The fourth-order valence-corrected chi connectivity index (χ4v) is 4.36. The molecule has 28 heavy (non-hydrogen) atoms. The van der Waals surface area contributed by atoms with E-state index in [-0.39, 0.29) is 16.7 Å². The molecule has 0 saturated carbocycles. The highest BCUT2D eigenvalue weighted by molar-refractivity contribution is 5.73. The number of pyridine rings is 1. The summed E-state index contributed by atoms with van der Waals surface area (Å²) in [6.07, 6.45) is 3.71. The summed E-state index contributed by atoms with van der Waals surface area (Å²) in [6, 6.07) is 10.9. The molecule has 2 aliphatic rings. The highest BCUT2D eigenvalue weighted by atomic mass is 16.6. The lowest BCUT2D eigenvalue weighted by atomic mass is 9.81. The molecule has 0 spiro atoms. The molecule has 1 aliphatic heterocycles. The number of aromatic nitrogens is 3. The Bertz CT molecular complexity index is 1060. The number of nitro groups is 1. The molecule has 0 bridgehead atoms. The van der Waals surface area contributed by atoms with Gasteiger partial charge in [-0.2, -0.15) is 5.10 Å². The van der Waals surface area contributed by atoms with E-state index in [2.05, 4.69) is 15.6 Å².